The maximum atomic E-state index is 13.0. The molecule has 0 amide bonds. The Labute approximate surface area is 109 Å². The fourth-order valence-corrected chi connectivity index (χ4v) is 2.29. The summed E-state index contributed by atoms with van der Waals surface area (Å²) in [6.45, 7) is 0. The molecule has 1 saturated carbocycles. The van der Waals surface area contributed by atoms with Crippen LogP contribution in [0.25, 0.3) is 0 Å². The van der Waals surface area contributed by atoms with Crippen LogP contribution >= 0.6 is 0 Å². The highest BCUT2D eigenvalue weighted by Gasteiger charge is 2.38. The number of nitrogens with one attached hydrogen (secondary N) is 1. The first-order valence-electron chi connectivity index (χ1n) is 6.22. The number of halogens is 3. The van der Waals surface area contributed by atoms with Crippen molar-refractivity contribution in [3.8, 4) is 5.75 Å². The topological polar surface area (TPSA) is 60.2 Å². The molecule has 106 valence electrons. The molecule has 19 heavy (non-hydrogen) atoms. The van der Waals surface area contributed by atoms with E-state index in [1.165, 1.54) is 12.3 Å². The van der Waals surface area contributed by atoms with E-state index in [1.54, 1.807) is 0 Å². The third kappa shape index (κ3) is 3.28. The highest BCUT2D eigenvalue weighted by atomic mass is 19.4. The molecular weight excluding hydrogens is 259 g/mol. The van der Waals surface area contributed by atoms with Crippen LogP contribution in [0.1, 0.15) is 37.7 Å². The lowest BCUT2D eigenvalue weighted by Crippen LogP contribution is -2.23. The predicted molar refractivity (Wildman–Crippen MR) is 64.6 cm³/mol. The monoisotopic (exact) mass is 275 g/mol. The van der Waals surface area contributed by atoms with E-state index in [2.05, 4.69) is 4.98 Å². The SMILES string of the molecule is NNc1nccc(OC2CCCCC2)c1C(F)(F)F. The number of nitrogen functional groups attached to an aromatic ring is 1. The lowest BCUT2D eigenvalue weighted by atomic mass is 9.98. The molecule has 1 aliphatic rings. The minimum atomic E-state index is -4.56. The number of hydrogen-bond acceptors (Lipinski definition) is 4. The molecule has 0 aliphatic heterocycles. The van der Waals surface area contributed by atoms with E-state index in [9.17, 15) is 13.2 Å². The summed E-state index contributed by atoms with van der Waals surface area (Å²) in [7, 11) is 0. The van der Waals surface area contributed by atoms with Gasteiger partial charge >= 0.3 is 6.18 Å². The Balaban J connectivity index is 2.28. The van der Waals surface area contributed by atoms with Crippen LogP contribution in [0, 0.1) is 0 Å². The summed E-state index contributed by atoms with van der Waals surface area (Å²) in [5.74, 6) is 4.46. The van der Waals surface area contributed by atoms with Crippen molar-refractivity contribution in [2.45, 2.75) is 44.4 Å². The van der Waals surface area contributed by atoms with E-state index in [4.69, 9.17) is 10.6 Å². The number of pyridine rings is 1. The van der Waals surface area contributed by atoms with Crippen molar-refractivity contribution < 1.29 is 17.9 Å². The molecule has 0 aromatic carbocycles. The van der Waals surface area contributed by atoms with Gasteiger partial charge in [0.2, 0.25) is 0 Å². The largest absolute Gasteiger partial charge is 0.490 e. The van der Waals surface area contributed by atoms with E-state index in [0.717, 1.165) is 32.1 Å². The highest BCUT2D eigenvalue weighted by Crippen LogP contribution is 2.41. The van der Waals surface area contributed by atoms with Gasteiger partial charge in [0, 0.05) is 6.20 Å². The van der Waals surface area contributed by atoms with Gasteiger partial charge in [-0.05, 0) is 31.7 Å². The predicted octanol–water partition coefficient (Wildman–Crippen LogP) is 3.10. The van der Waals surface area contributed by atoms with E-state index < -0.39 is 17.6 Å². The van der Waals surface area contributed by atoms with Gasteiger partial charge in [-0.2, -0.15) is 13.2 Å². The Morgan fingerprint density at radius 3 is 2.53 bits per heavy atom. The van der Waals surface area contributed by atoms with Gasteiger partial charge in [-0.3, -0.25) is 0 Å². The summed E-state index contributed by atoms with van der Waals surface area (Å²) in [5.41, 5.74) is 1.03. The van der Waals surface area contributed by atoms with Crippen molar-refractivity contribution >= 4 is 5.82 Å². The fraction of sp³-hybridized carbons (Fsp3) is 0.583. The zero-order valence-corrected chi connectivity index (χ0v) is 10.3. The number of nitrogens with two attached hydrogens (primary N) is 1. The van der Waals surface area contributed by atoms with Gasteiger partial charge in [-0.25, -0.2) is 10.8 Å². The fourth-order valence-electron chi connectivity index (χ4n) is 2.29. The van der Waals surface area contributed by atoms with Crippen LogP contribution in [0.3, 0.4) is 0 Å². The first-order valence-corrected chi connectivity index (χ1v) is 6.22. The van der Waals surface area contributed by atoms with Gasteiger partial charge in [0.05, 0.1) is 6.10 Å². The van der Waals surface area contributed by atoms with Crippen LogP contribution in [-0.2, 0) is 6.18 Å². The number of ether oxygens (including phenoxy) is 1. The zero-order valence-electron chi connectivity index (χ0n) is 10.3. The molecule has 4 nitrogen and oxygen atoms in total. The Kier molecular flexibility index (Phi) is 4.14. The molecule has 1 heterocycles. The van der Waals surface area contributed by atoms with Crippen molar-refractivity contribution in [3.63, 3.8) is 0 Å². The number of hydrazine groups is 1. The Bertz CT molecular complexity index is 431. The van der Waals surface area contributed by atoms with E-state index >= 15 is 0 Å². The zero-order chi connectivity index (χ0) is 13.9. The Hall–Kier alpha value is -1.50. The Morgan fingerprint density at radius 1 is 1.26 bits per heavy atom. The number of nitrogens with zero attached hydrogens (tertiary/aromatic N) is 1. The van der Waals surface area contributed by atoms with Crippen LogP contribution in [0.5, 0.6) is 5.75 Å². The van der Waals surface area contributed by atoms with Crippen LogP contribution in [0.2, 0.25) is 0 Å². The second-order valence-electron chi connectivity index (χ2n) is 4.55. The van der Waals surface area contributed by atoms with Crippen molar-refractivity contribution in [2.24, 2.45) is 5.84 Å². The molecule has 1 fully saturated rings. The molecule has 7 heteroatoms. The normalized spacial score (nSPS) is 17.3. The number of rotatable bonds is 3. The van der Waals surface area contributed by atoms with Crippen LogP contribution < -0.4 is 16.0 Å². The number of aromatic nitrogens is 1. The molecule has 2 rings (SSSR count). The summed E-state index contributed by atoms with van der Waals surface area (Å²) >= 11 is 0. The summed E-state index contributed by atoms with van der Waals surface area (Å²) in [4.78, 5) is 3.58. The molecule has 0 radical (unpaired) electrons. The van der Waals surface area contributed by atoms with Crippen LogP contribution in [0.15, 0.2) is 12.3 Å². The smallest absolute Gasteiger partial charge is 0.423 e. The first-order chi connectivity index (χ1) is 9.02. The lowest BCUT2D eigenvalue weighted by Gasteiger charge is -2.25. The number of hydrogen-bond donors (Lipinski definition) is 2. The number of alkyl halides is 3. The van der Waals surface area contributed by atoms with Gasteiger partial charge in [-0.15, -0.1) is 0 Å². The standard InChI is InChI=1S/C12H16F3N3O/c13-12(14,15)10-9(6-7-17-11(10)18-16)19-8-4-2-1-3-5-8/h6-8H,1-5,16H2,(H,17,18). The summed E-state index contributed by atoms with van der Waals surface area (Å²) in [6.07, 6.45) is 1.18. The average Bonchev–Trinajstić information content (AvgIpc) is 2.38. The molecule has 0 bridgehead atoms. The molecule has 0 saturated heterocycles. The highest BCUT2D eigenvalue weighted by molar-refractivity contribution is 5.52. The third-order valence-electron chi connectivity index (χ3n) is 3.18. The number of anilines is 1. The molecule has 1 aromatic rings. The molecule has 0 unspecified atom stereocenters. The maximum Gasteiger partial charge on any atom is 0.423 e. The van der Waals surface area contributed by atoms with Gasteiger partial charge < -0.3 is 10.2 Å². The summed E-state index contributed by atoms with van der Waals surface area (Å²) in [5, 5.41) is 0. The molecule has 1 aromatic heterocycles. The third-order valence-corrected chi connectivity index (χ3v) is 3.18. The minimum absolute atomic E-state index is 0.164. The molecule has 3 N–H and O–H groups in total. The Morgan fingerprint density at radius 2 is 1.95 bits per heavy atom. The van der Waals surface area contributed by atoms with Crippen molar-refractivity contribution in [3.05, 3.63) is 17.8 Å². The van der Waals surface area contributed by atoms with Crippen molar-refractivity contribution in [2.75, 3.05) is 5.43 Å². The van der Waals surface area contributed by atoms with Gasteiger partial charge in [0.1, 0.15) is 11.3 Å². The quantitative estimate of drug-likeness (QED) is 0.657. The molecule has 1 aliphatic carbocycles. The first kappa shape index (κ1) is 13.9. The molecule has 0 spiro atoms. The van der Waals surface area contributed by atoms with Crippen LogP contribution in [-0.4, -0.2) is 11.1 Å². The van der Waals surface area contributed by atoms with Gasteiger partial charge in [0.15, 0.2) is 5.82 Å². The minimum Gasteiger partial charge on any atom is -0.490 e. The van der Waals surface area contributed by atoms with Crippen LogP contribution in [0.4, 0.5) is 19.0 Å². The molecule has 0 atom stereocenters. The van der Waals surface area contributed by atoms with Crippen molar-refractivity contribution in [1.29, 1.82) is 0 Å². The molecular formula is C12H16F3N3O. The van der Waals surface area contributed by atoms with E-state index in [1.807, 2.05) is 5.43 Å². The summed E-state index contributed by atoms with van der Waals surface area (Å²) < 4.78 is 44.6. The second kappa shape index (κ2) is 5.64. The second-order valence-corrected chi connectivity index (χ2v) is 4.55. The van der Waals surface area contributed by atoms with E-state index in [0.29, 0.717) is 0 Å². The van der Waals surface area contributed by atoms with Crippen molar-refractivity contribution in [1.82, 2.24) is 4.98 Å². The lowest BCUT2D eigenvalue weighted by molar-refractivity contribution is -0.138. The van der Waals surface area contributed by atoms with Gasteiger partial charge in [0.25, 0.3) is 0 Å². The summed E-state index contributed by atoms with van der Waals surface area (Å²) in [6, 6.07) is 1.23. The van der Waals surface area contributed by atoms with Gasteiger partial charge in [-0.1, -0.05) is 6.42 Å². The van der Waals surface area contributed by atoms with E-state index in [-0.39, 0.29) is 11.9 Å². The maximum absolute atomic E-state index is 13.0. The average molecular weight is 275 g/mol.